The van der Waals surface area contributed by atoms with Crippen LogP contribution in [0, 0.1) is 0 Å². The maximum absolute atomic E-state index is 12.9. The Labute approximate surface area is 159 Å². The molecule has 1 aromatic heterocycles. The molecular weight excluding hydrogens is 360 g/mol. The van der Waals surface area contributed by atoms with E-state index in [-0.39, 0.29) is 0 Å². The van der Waals surface area contributed by atoms with Crippen molar-refractivity contribution in [3.63, 3.8) is 0 Å². The highest BCUT2D eigenvalue weighted by atomic mass is 32.2. The van der Waals surface area contributed by atoms with Crippen LogP contribution in [0.5, 0.6) is 0 Å². The molecule has 0 radical (unpaired) electrons. The van der Waals surface area contributed by atoms with E-state index in [0.717, 1.165) is 22.5 Å². The Balaban J connectivity index is 1.47. The zero-order chi connectivity index (χ0) is 19.0. The Morgan fingerprint density at radius 2 is 1.63 bits per heavy atom. The number of aromatic amines is 1. The predicted molar refractivity (Wildman–Crippen MR) is 108 cm³/mol. The number of hydrogen-bond donors (Lipinski definition) is 1. The number of nitrogens with one attached hydrogen (secondary N) is 1. The molecule has 7 heteroatoms. The van der Waals surface area contributed by atoms with Gasteiger partial charge in [-0.3, -0.25) is 0 Å². The molecule has 1 aliphatic rings. The van der Waals surface area contributed by atoms with Crippen LogP contribution in [0.2, 0.25) is 0 Å². The van der Waals surface area contributed by atoms with Crippen molar-refractivity contribution in [3.8, 4) is 0 Å². The molecule has 1 fully saturated rings. The number of hydrogen-bond acceptors (Lipinski definition) is 4. The van der Waals surface area contributed by atoms with Crippen LogP contribution in [-0.2, 0) is 10.0 Å². The quantitative estimate of drug-likeness (QED) is 0.750. The Kier molecular flexibility index (Phi) is 4.65. The third-order valence-electron chi connectivity index (χ3n) is 5.10. The second-order valence-corrected chi connectivity index (χ2v) is 9.13. The molecule has 3 aromatic rings. The lowest BCUT2D eigenvalue weighted by Crippen LogP contribution is -2.49. The first-order chi connectivity index (χ1) is 12.9. The number of aromatic nitrogens is 2. The summed E-state index contributed by atoms with van der Waals surface area (Å²) < 4.78 is 27.4. The Hall–Kier alpha value is -2.38. The van der Waals surface area contributed by atoms with Gasteiger partial charge in [0.1, 0.15) is 0 Å². The van der Waals surface area contributed by atoms with Gasteiger partial charge in [0.2, 0.25) is 16.0 Å². The fourth-order valence-electron chi connectivity index (χ4n) is 3.40. The number of fused-ring (bicyclic) bond motifs is 1. The van der Waals surface area contributed by atoms with E-state index >= 15 is 0 Å². The van der Waals surface area contributed by atoms with E-state index in [2.05, 4.69) is 28.7 Å². The smallest absolute Gasteiger partial charge is 0.243 e. The number of nitrogens with zero attached hydrogens (tertiary/aromatic N) is 3. The molecule has 1 aliphatic heterocycles. The SMILES string of the molecule is CC(C)c1ccc(S(=O)(=O)N2CCN(c3nc4ccccc4[nH]3)CC2)cc1. The molecule has 142 valence electrons. The fraction of sp³-hybridized carbons (Fsp3) is 0.350. The van der Waals surface area contributed by atoms with Crippen LogP contribution >= 0.6 is 0 Å². The molecular formula is C20H24N4O2S. The molecule has 6 nitrogen and oxygen atoms in total. The minimum Gasteiger partial charge on any atom is -0.340 e. The largest absolute Gasteiger partial charge is 0.340 e. The summed E-state index contributed by atoms with van der Waals surface area (Å²) in [5.41, 5.74) is 3.06. The summed E-state index contributed by atoms with van der Waals surface area (Å²) in [6, 6.07) is 15.1. The van der Waals surface area contributed by atoms with E-state index in [0.29, 0.717) is 37.0 Å². The van der Waals surface area contributed by atoms with Crippen molar-refractivity contribution in [2.75, 3.05) is 31.1 Å². The topological polar surface area (TPSA) is 69.3 Å². The van der Waals surface area contributed by atoms with Gasteiger partial charge in [0.05, 0.1) is 15.9 Å². The standard InChI is InChI=1S/C20H24N4O2S/c1-15(2)16-7-9-17(10-8-16)27(25,26)24-13-11-23(12-14-24)20-21-18-5-3-4-6-19(18)22-20/h3-10,15H,11-14H2,1-2H3,(H,21,22). The van der Waals surface area contributed by atoms with E-state index in [4.69, 9.17) is 0 Å². The van der Waals surface area contributed by atoms with Gasteiger partial charge in [-0.05, 0) is 35.7 Å². The molecule has 2 aromatic carbocycles. The minimum atomic E-state index is -3.46. The second kappa shape index (κ2) is 6.98. The lowest BCUT2D eigenvalue weighted by molar-refractivity contribution is 0.383. The van der Waals surface area contributed by atoms with Crippen LogP contribution in [0.1, 0.15) is 25.3 Å². The third-order valence-corrected chi connectivity index (χ3v) is 7.01. The highest BCUT2D eigenvalue weighted by Crippen LogP contribution is 2.23. The van der Waals surface area contributed by atoms with Gasteiger partial charge in [-0.15, -0.1) is 0 Å². The van der Waals surface area contributed by atoms with Crippen molar-refractivity contribution < 1.29 is 8.42 Å². The molecule has 1 saturated heterocycles. The van der Waals surface area contributed by atoms with Crippen molar-refractivity contribution in [1.82, 2.24) is 14.3 Å². The lowest BCUT2D eigenvalue weighted by Gasteiger charge is -2.33. The van der Waals surface area contributed by atoms with Gasteiger partial charge in [-0.2, -0.15) is 4.31 Å². The average Bonchev–Trinajstić information content (AvgIpc) is 3.12. The van der Waals surface area contributed by atoms with Gasteiger partial charge in [0, 0.05) is 26.2 Å². The molecule has 1 N–H and O–H groups in total. The van der Waals surface area contributed by atoms with Gasteiger partial charge in [-0.1, -0.05) is 38.1 Å². The highest BCUT2D eigenvalue weighted by Gasteiger charge is 2.29. The Morgan fingerprint density at radius 3 is 2.26 bits per heavy atom. The minimum absolute atomic E-state index is 0.365. The summed E-state index contributed by atoms with van der Waals surface area (Å²) in [5.74, 6) is 1.18. The molecule has 0 aliphatic carbocycles. The Morgan fingerprint density at radius 1 is 0.963 bits per heavy atom. The molecule has 4 rings (SSSR count). The number of piperazine rings is 1. The summed E-state index contributed by atoms with van der Waals surface area (Å²) in [6.07, 6.45) is 0. The number of anilines is 1. The van der Waals surface area contributed by atoms with E-state index < -0.39 is 10.0 Å². The van der Waals surface area contributed by atoms with Crippen molar-refractivity contribution in [3.05, 3.63) is 54.1 Å². The number of sulfonamides is 1. The monoisotopic (exact) mass is 384 g/mol. The number of para-hydroxylation sites is 2. The van der Waals surface area contributed by atoms with Crippen molar-refractivity contribution in [2.45, 2.75) is 24.7 Å². The van der Waals surface area contributed by atoms with Crippen LogP contribution < -0.4 is 4.90 Å². The van der Waals surface area contributed by atoms with Crippen LogP contribution in [0.3, 0.4) is 0 Å². The summed E-state index contributed by atoms with van der Waals surface area (Å²) in [6.45, 7) is 6.32. The van der Waals surface area contributed by atoms with Gasteiger partial charge < -0.3 is 9.88 Å². The summed E-state index contributed by atoms with van der Waals surface area (Å²) in [7, 11) is -3.46. The fourth-order valence-corrected chi connectivity index (χ4v) is 4.83. The number of benzene rings is 2. The predicted octanol–water partition coefficient (Wildman–Crippen LogP) is 3.20. The molecule has 0 spiro atoms. The van der Waals surface area contributed by atoms with Gasteiger partial charge in [-0.25, -0.2) is 13.4 Å². The second-order valence-electron chi connectivity index (χ2n) is 7.19. The Bertz CT molecular complexity index is 1000. The van der Waals surface area contributed by atoms with Crippen LogP contribution in [0.4, 0.5) is 5.95 Å². The number of rotatable bonds is 4. The van der Waals surface area contributed by atoms with E-state index in [1.54, 1.807) is 16.4 Å². The van der Waals surface area contributed by atoms with Crippen molar-refractivity contribution in [1.29, 1.82) is 0 Å². The van der Waals surface area contributed by atoms with Gasteiger partial charge >= 0.3 is 0 Å². The van der Waals surface area contributed by atoms with Gasteiger partial charge in [0.25, 0.3) is 0 Å². The highest BCUT2D eigenvalue weighted by molar-refractivity contribution is 7.89. The lowest BCUT2D eigenvalue weighted by atomic mass is 10.0. The average molecular weight is 385 g/mol. The first-order valence-corrected chi connectivity index (χ1v) is 10.7. The van der Waals surface area contributed by atoms with Crippen LogP contribution in [0.15, 0.2) is 53.4 Å². The van der Waals surface area contributed by atoms with Gasteiger partial charge in [0.15, 0.2) is 0 Å². The van der Waals surface area contributed by atoms with Crippen LogP contribution in [0.25, 0.3) is 11.0 Å². The maximum Gasteiger partial charge on any atom is 0.243 e. The maximum atomic E-state index is 12.9. The summed E-state index contributed by atoms with van der Waals surface area (Å²) >= 11 is 0. The molecule has 2 heterocycles. The normalized spacial score (nSPS) is 16.3. The van der Waals surface area contributed by atoms with Crippen LogP contribution in [-0.4, -0.2) is 48.9 Å². The molecule has 0 atom stereocenters. The molecule has 0 bridgehead atoms. The van der Waals surface area contributed by atoms with E-state index in [1.807, 2.05) is 36.4 Å². The molecule has 27 heavy (non-hydrogen) atoms. The van der Waals surface area contributed by atoms with E-state index in [1.165, 1.54) is 0 Å². The molecule has 0 unspecified atom stereocenters. The molecule has 0 amide bonds. The van der Waals surface area contributed by atoms with E-state index in [9.17, 15) is 8.42 Å². The summed E-state index contributed by atoms with van der Waals surface area (Å²) in [5, 5.41) is 0. The zero-order valence-corrected chi connectivity index (χ0v) is 16.4. The van der Waals surface area contributed by atoms with Crippen molar-refractivity contribution in [2.24, 2.45) is 0 Å². The number of imidazole rings is 1. The number of H-pyrrole nitrogens is 1. The third kappa shape index (κ3) is 3.44. The molecule has 0 saturated carbocycles. The first kappa shape index (κ1) is 18.0. The summed E-state index contributed by atoms with van der Waals surface area (Å²) in [4.78, 5) is 10.4. The zero-order valence-electron chi connectivity index (χ0n) is 15.6. The first-order valence-electron chi connectivity index (χ1n) is 9.25. The van der Waals surface area contributed by atoms with Crippen molar-refractivity contribution >= 4 is 27.0 Å².